The maximum atomic E-state index is 12.7. The van der Waals surface area contributed by atoms with Crippen molar-refractivity contribution in [2.24, 2.45) is 0 Å². The van der Waals surface area contributed by atoms with E-state index in [2.05, 4.69) is 4.98 Å². The summed E-state index contributed by atoms with van der Waals surface area (Å²) in [6.45, 7) is 3.91. The molecule has 5 heteroatoms. The Hall–Kier alpha value is -3.21. The number of fused-ring (bicyclic) bond motifs is 1. The fourth-order valence-corrected chi connectivity index (χ4v) is 2.73. The first-order chi connectivity index (χ1) is 12.0. The Balaban J connectivity index is 2.16. The number of carboxylic acid groups (broad SMARTS) is 1. The smallest absolute Gasteiger partial charge is 0.337 e. The minimum Gasteiger partial charge on any atom is -0.478 e. The highest BCUT2D eigenvalue weighted by molar-refractivity contribution is 5.87. The lowest BCUT2D eigenvalue weighted by Crippen LogP contribution is -2.22. The number of pyridine rings is 1. The number of nitrogens with zero attached hydrogens (tertiary/aromatic N) is 2. The van der Waals surface area contributed by atoms with E-state index in [4.69, 9.17) is 5.11 Å². The molecule has 1 N–H and O–H groups in total. The van der Waals surface area contributed by atoms with Crippen LogP contribution in [0.15, 0.2) is 47.4 Å². The summed E-state index contributed by atoms with van der Waals surface area (Å²) >= 11 is 0. The van der Waals surface area contributed by atoms with E-state index < -0.39 is 5.97 Å². The molecule has 2 aromatic heterocycles. The molecule has 2 heterocycles. The SMILES string of the molecule is CCc1c(C=Cc2ccccc2C)nc2ccc(C(=O)O)cn2c1=O. The van der Waals surface area contributed by atoms with Crippen molar-refractivity contribution in [1.82, 2.24) is 9.38 Å². The Labute approximate surface area is 144 Å². The van der Waals surface area contributed by atoms with Crippen molar-refractivity contribution in [3.8, 4) is 0 Å². The summed E-state index contributed by atoms with van der Waals surface area (Å²) in [5.41, 5.74) is 3.62. The van der Waals surface area contributed by atoms with Crippen LogP contribution >= 0.6 is 0 Å². The molecule has 3 rings (SSSR count). The van der Waals surface area contributed by atoms with E-state index >= 15 is 0 Å². The molecule has 0 unspecified atom stereocenters. The molecule has 25 heavy (non-hydrogen) atoms. The van der Waals surface area contributed by atoms with Crippen molar-refractivity contribution in [2.45, 2.75) is 20.3 Å². The maximum Gasteiger partial charge on any atom is 0.337 e. The molecule has 0 atom stereocenters. The van der Waals surface area contributed by atoms with Crippen LogP contribution in [0, 0.1) is 6.92 Å². The van der Waals surface area contributed by atoms with Gasteiger partial charge in [-0.1, -0.05) is 37.3 Å². The Morgan fingerprint density at radius 3 is 2.64 bits per heavy atom. The Morgan fingerprint density at radius 2 is 1.96 bits per heavy atom. The molecule has 0 aliphatic heterocycles. The van der Waals surface area contributed by atoms with Gasteiger partial charge in [0.1, 0.15) is 5.65 Å². The second-order valence-corrected chi connectivity index (χ2v) is 5.78. The van der Waals surface area contributed by atoms with Gasteiger partial charge in [-0.2, -0.15) is 0 Å². The molecule has 0 saturated heterocycles. The largest absolute Gasteiger partial charge is 0.478 e. The first-order valence-electron chi connectivity index (χ1n) is 8.03. The number of carboxylic acids is 1. The first kappa shape index (κ1) is 16.6. The minimum atomic E-state index is -1.07. The lowest BCUT2D eigenvalue weighted by molar-refractivity contribution is 0.0696. The highest BCUT2D eigenvalue weighted by atomic mass is 16.4. The number of hydrogen-bond donors (Lipinski definition) is 1. The van der Waals surface area contributed by atoms with Gasteiger partial charge in [0.05, 0.1) is 11.3 Å². The van der Waals surface area contributed by atoms with E-state index in [0.717, 1.165) is 11.1 Å². The zero-order valence-corrected chi connectivity index (χ0v) is 14.1. The molecule has 0 radical (unpaired) electrons. The summed E-state index contributed by atoms with van der Waals surface area (Å²) in [4.78, 5) is 28.4. The third kappa shape index (κ3) is 3.21. The van der Waals surface area contributed by atoms with Crippen LogP contribution < -0.4 is 5.56 Å². The third-order valence-corrected chi connectivity index (χ3v) is 4.16. The number of benzene rings is 1. The van der Waals surface area contributed by atoms with Gasteiger partial charge in [-0.3, -0.25) is 9.20 Å². The Kier molecular flexibility index (Phi) is 4.48. The molecule has 0 aliphatic rings. The molecule has 126 valence electrons. The summed E-state index contributed by atoms with van der Waals surface area (Å²) in [6, 6.07) is 11.0. The van der Waals surface area contributed by atoms with Crippen LogP contribution in [-0.4, -0.2) is 20.5 Å². The van der Waals surface area contributed by atoms with Crippen molar-refractivity contribution < 1.29 is 9.90 Å². The maximum absolute atomic E-state index is 12.7. The summed E-state index contributed by atoms with van der Waals surface area (Å²) < 4.78 is 1.30. The topological polar surface area (TPSA) is 71.7 Å². The average molecular weight is 334 g/mol. The minimum absolute atomic E-state index is 0.0571. The van der Waals surface area contributed by atoms with Gasteiger partial charge < -0.3 is 5.11 Å². The highest BCUT2D eigenvalue weighted by Crippen LogP contribution is 2.14. The summed E-state index contributed by atoms with van der Waals surface area (Å²) in [7, 11) is 0. The van der Waals surface area contributed by atoms with E-state index in [1.165, 1.54) is 16.7 Å². The number of aryl methyl sites for hydroxylation is 1. The monoisotopic (exact) mass is 334 g/mol. The average Bonchev–Trinajstić information content (AvgIpc) is 2.61. The highest BCUT2D eigenvalue weighted by Gasteiger charge is 2.11. The standard InChI is InChI=1S/C20H18N2O3/c1-3-16-17(10-8-14-7-5-4-6-13(14)2)21-18-11-9-15(20(24)25)12-22(18)19(16)23/h4-12H,3H2,1-2H3,(H,24,25). The zero-order valence-electron chi connectivity index (χ0n) is 14.1. The van der Waals surface area contributed by atoms with Crippen LogP contribution in [0.5, 0.6) is 0 Å². The lowest BCUT2D eigenvalue weighted by Gasteiger charge is -2.08. The zero-order chi connectivity index (χ0) is 18.0. The van der Waals surface area contributed by atoms with Gasteiger partial charge in [-0.25, -0.2) is 9.78 Å². The van der Waals surface area contributed by atoms with Crippen molar-refractivity contribution in [3.05, 3.63) is 80.9 Å². The molecule has 3 aromatic rings. The number of hydrogen-bond acceptors (Lipinski definition) is 3. The van der Waals surface area contributed by atoms with Crippen molar-refractivity contribution in [1.29, 1.82) is 0 Å². The molecule has 0 fully saturated rings. The third-order valence-electron chi connectivity index (χ3n) is 4.16. The Morgan fingerprint density at radius 1 is 1.20 bits per heavy atom. The fourth-order valence-electron chi connectivity index (χ4n) is 2.73. The number of aromatic carboxylic acids is 1. The molecule has 0 spiro atoms. The molecule has 0 aliphatic carbocycles. The van der Waals surface area contributed by atoms with Gasteiger partial charge in [-0.15, -0.1) is 0 Å². The predicted molar refractivity (Wildman–Crippen MR) is 97.9 cm³/mol. The molecular formula is C20H18N2O3. The van der Waals surface area contributed by atoms with E-state index in [1.807, 2.05) is 50.3 Å². The number of rotatable bonds is 4. The van der Waals surface area contributed by atoms with Crippen LogP contribution in [0.1, 0.15) is 39.7 Å². The summed E-state index contributed by atoms with van der Waals surface area (Å²) in [5, 5.41) is 9.11. The normalized spacial score (nSPS) is 11.3. The molecule has 5 nitrogen and oxygen atoms in total. The predicted octanol–water partition coefficient (Wildman–Crippen LogP) is 3.43. The molecule has 0 saturated carbocycles. The van der Waals surface area contributed by atoms with Gasteiger partial charge in [-0.05, 0) is 42.7 Å². The van der Waals surface area contributed by atoms with Crippen molar-refractivity contribution >= 4 is 23.8 Å². The molecular weight excluding hydrogens is 316 g/mol. The second kappa shape index (κ2) is 6.73. The van der Waals surface area contributed by atoms with E-state index in [1.54, 1.807) is 6.07 Å². The van der Waals surface area contributed by atoms with Crippen LogP contribution in [0.4, 0.5) is 0 Å². The Bertz CT molecular complexity index is 1050. The van der Waals surface area contributed by atoms with E-state index in [9.17, 15) is 9.59 Å². The lowest BCUT2D eigenvalue weighted by atomic mass is 10.1. The quantitative estimate of drug-likeness (QED) is 0.793. The van der Waals surface area contributed by atoms with E-state index in [0.29, 0.717) is 23.3 Å². The molecule has 1 aromatic carbocycles. The fraction of sp³-hybridized carbons (Fsp3) is 0.150. The van der Waals surface area contributed by atoms with Crippen LogP contribution in [0.2, 0.25) is 0 Å². The van der Waals surface area contributed by atoms with E-state index in [-0.39, 0.29) is 11.1 Å². The summed E-state index contributed by atoms with van der Waals surface area (Å²) in [5.74, 6) is -1.07. The molecule has 0 bridgehead atoms. The van der Waals surface area contributed by atoms with Crippen molar-refractivity contribution in [2.75, 3.05) is 0 Å². The van der Waals surface area contributed by atoms with Crippen LogP contribution in [0.25, 0.3) is 17.8 Å². The summed E-state index contributed by atoms with van der Waals surface area (Å²) in [6.07, 6.45) is 5.62. The van der Waals surface area contributed by atoms with Crippen LogP contribution in [-0.2, 0) is 6.42 Å². The van der Waals surface area contributed by atoms with Crippen molar-refractivity contribution in [3.63, 3.8) is 0 Å². The van der Waals surface area contributed by atoms with Gasteiger partial charge in [0, 0.05) is 11.8 Å². The number of carbonyl (C=O) groups is 1. The molecule has 0 amide bonds. The van der Waals surface area contributed by atoms with Gasteiger partial charge in [0.25, 0.3) is 5.56 Å². The number of aromatic nitrogens is 2. The van der Waals surface area contributed by atoms with Gasteiger partial charge >= 0.3 is 5.97 Å². The van der Waals surface area contributed by atoms with Gasteiger partial charge in [0.15, 0.2) is 0 Å². The second-order valence-electron chi connectivity index (χ2n) is 5.78. The van der Waals surface area contributed by atoms with Gasteiger partial charge in [0.2, 0.25) is 0 Å². The first-order valence-corrected chi connectivity index (χ1v) is 8.03. The van der Waals surface area contributed by atoms with Crippen LogP contribution in [0.3, 0.4) is 0 Å².